The number of furan rings is 1. The molecule has 0 aliphatic carbocycles. The number of para-hydroxylation sites is 1. The van der Waals surface area contributed by atoms with Gasteiger partial charge >= 0.3 is 0 Å². The molecule has 1 unspecified atom stereocenters. The maximum atomic E-state index is 12.1. The Kier molecular flexibility index (Phi) is 5.50. The topological polar surface area (TPSA) is 71.3 Å². The van der Waals surface area contributed by atoms with Crippen LogP contribution < -0.4 is 10.6 Å². The molecule has 2 N–H and O–H groups in total. The fourth-order valence-electron chi connectivity index (χ4n) is 2.55. The summed E-state index contributed by atoms with van der Waals surface area (Å²) in [6.45, 7) is 2.37. The monoisotopic (exact) mass is 356 g/mol. The summed E-state index contributed by atoms with van der Waals surface area (Å²) >= 11 is 1.40. The standard InChI is InChI=1S/C19H20N2O3S/c1-13(16-12-14-6-2-3-7-15(14)24-16)21-18(22)9-4-10-20-19(23)17-8-5-11-25-17/h2-3,5-8,11-13H,4,9-10H2,1H3,(H,20,23)(H,21,22). The third-order valence-corrected chi connectivity index (χ3v) is 4.73. The molecule has 6 heteroatoms. The van der Waals surface area contributed by atoms with Gasteiger partial charge in [0.1, 0.15) is 11.3 Å². The van der Waals surface area contributed by atoms with Crippen LogP contribution in [0.5, 0.6) is 0 Å². The van der Waals surface area contributed by atoms with Crippen LogP contribution in [0.15, 0.2) is 52.3 Å². The largest absolute Gasteiger partial charge is 0.459 e. The summed E-state index contributed by atoms with van der Waals surface area (Å²) in [6.07, 6.45) is 0.949. The Hall–Kier alpha value is -2.60. The van der Waals surface area contributed by atoms with Gasteiger partial charge in [-0.25, -0.2) is 0 Å². The molecule has 0 saturated heterocycles. The lowest BCUT2D eigenvalue weighted by atomic mass is 10.2. The molecule has 2 heterocycles. The van der Waals surface area contributed by atoms with Gasteiger partial charge in [-0.15, -0.1) is 11.3 Å². The number of hydrogen-bond donors (Lipinski definition) is 2. The van der Waals surface area contributed by atoms with Crippen LogP contribution in [0.3, 0.4) is 0 Å². The van der Waals surface area contributed by atoms with E-state index in [0.717, 1.165) is 16.7 Å². The van der Waals surface area contributed by atoms with Gasteiger partial charge in [0.15, 0.2) is 0 Å². The van der Waals surface area contributed by atoms with Crippen molar-refractivity contribution in [3.05, 3.63) is 58.5 Å². The number of carbonyl (C=O) groups excluding carboxylic acids is 2. The Bertz CT molecular complexity index is 822. The van der Waals surface area contributed by atoms with E-state index in [2.05, 4.69) is 10.6 Å². The van der Waals surface area contributed by atoms with Crippen molar-refractivity contribution in [1.29, 1.82) is 0 Å². The third kappa shape index (κ3) is 4.48. The van der Waals surface area contributed by atoms with E-state index in [1.165, 1.54) is 11.3 Å². The minimum absolute atomic E-state index is 0.0571. The summed E-state index contributed by atoms with van der Waals surface area (Å²) in [5, 5.41) is 8.63. The van der Waals surface area contributed by atoms with Gasteiger partial charge in [-0.1, -0.05) is 24.3 Å². The minimum Gasteiger partial charge on any atom is -0.459 e. The molecule has 0 aliphatic heterocycles. The molecule has 1 aromatic carbocycles. The van der Waals surface area contributed by atoms with Gasteiger partial charge in [0.2, 0.25) is 5.91 Å². The zero-order chi connectivity index (χ0) is 17.6. The van der Waals surface area contributed by atoms with Gasteiger partial charge in [0, 0.05) is 18.4 Å². The second kappa shape index (κ2) is 7.98. The average molecular weight is 356 g/mol. The molecule has 25 heavy (non-hydrogen) atoms. The lowest BCUT2D eigenvalue weighted by Crippen LogP contribution is -2.28. The van der Waals surface area contributed by atoms with Gasteiger partial charge in [-0.05, 0) is 36.9 Å². The smallest absolute Gasteiger partial charge is 0.261 e. The van der Waals surface area contributed by atoms with Crippen LogP contribution in [0.1, 0.15) is 41.2 Å². The molecule has 3 rings (SSSR count). The van der Waals surface area contributed by atoms with Crippen molar-refractivity contribution in [2.75, 3.05) is 6.54 Å². The second-order valence-electron chi connectivity index (χ2n) is 5.81. The van der Waals surface area contributed by atoms with Crippen LogP contribution in [0.4, 0.5) is 0 Å². The molecule has 0 spiro atoms. The summed E-state index contributed by atoms with van der Waals surface area (Å²) in [4.78, 5) is 24.5. The Balaban J connectivity index is 1.42. The van der Waals surface area contributed by atoms with Gasteiger partial charge in [-0.2, -0.15) is 0 Å². The highest BCUT2D eigenvalue weighted by molar-refractivity contribution is 7.12. The van der Waals surface area contributed by atoms with Gasteiger partial charge in [0.25, 0.3) is 5.91 Å². The highest BCUT2D eigenvalue weighted by Crippen LogP contribution is 2.23. The number of rotatable bonds is 7. The normalized spacial score (nSPS) is 12.0. The molecule has 2 aromatic heterocycles. The number of carbonyl (C=O) groups is 2. The third-order valence-electron chi connectivity index (χ3n) is 3.86. The summed E-state index contributed by atoms with van der Waals surface area (Å²) in [7, 11) is 0. The SMILES string of the molecule is CC(NC(=O)CCCNC(=O)c1cccs1)c1cc2ccccc2o1. The van der Waals surface area contributed by atoms with E-state index < -0.39 is 0 Å². The quantitative estimate of drug-likeness (QED) is 0.631. The van der Waals surface area contributed by atoms with E-state index in [-0.39, 0.29) is 17.9 Å². The van der Waals surface area contributed by atoms with Crippen molar-refractivity contribution in [2.45, 2.75) is 25.8 Å². The first-order valence-electron chi connectivity index (χ1n) is 8.23. The van der Waals surface area contributed by atoms with Crippen LogP contribution in [0.25, 0.3) is 11.0 Å². The van der Waals surface area contributed by atoms with Crippen LogP contribution in [-0.2, 0) is 4.79 Å². The molecule has 0 radical (unpaired) electrons. The summed E-state index contributed by atoms with van der Waals surface area (Å²) in [6, 6.07) is 13.1. The maximum absolute atomic E-state index is 12.1. The van der Waals surface area contributed by atoms with Crippen molar-refractivity contribution >= 4 is 34.1 Å². The molecule has 130 valence electrons. The van der Waals surface area contributed by atoms with Crippen LogP contribution in [0, 0.1) is 0 Å². The predicted octanol–water partition coefficient (Wildman–Crippen LogP) is 3.88. The van der Waals surface area contributed by atoms with Crippen LogP contribution in [-0.4, -0.2) is 18.4 Å². The van der Waals surface area contributed by atoms with Crippen molar-refractivity contribution in [1.82, 2.24) is 10.6 Å². The molecule has 0 aliphatic rings. The number of benzene rings is 1. The Labute approximate surface area is 150 Å². The molecular formula is C19H20N2O3S. The van der Waals surface area contributed by atoms with E-state index >= 15 is 0 Å². The fourth-order valence-corrected chi connectivity index (χ4v) is 3.19. The Morgan fingerprint density at radius 2 is 2.04 bits per heavy atom. The van der Waals surface area contributed by atoms with Crippen LogP contribution >= 0.6 is 11.3 Å². The lowest BCUT2D eigenvalue weighted by Gasteiger charge is -2.11. The molecular weight excluding hydrogens is 336 g/mol. The van der Waals surface area contributed by atoms with Gasteiger partial charge < -0.3 is 15.1 Å². The second-order valence-corrected chi connectivity index (χ2v) is 6.76. The number of amides is 2. The van der Waals surface area contributed by atoms with Crippen molar-refractivity contribution in [3.63, 3.8) is 0 Å². The molecule has 3 aromatic rings. The number of hydrogen-bond acceptors (Lipinski definition) is 4. The summed E-state index contributed by atoms with van der Waals surface area (Å²) < 4.78 is 5.76. The molecule has 2 amide bonds. The van der Waals surface area contributed by atoms with E-state index in [9.17, 15) is 9.59 Å². The number of fused-ring (bicyclic) bond motifs is 1. The van der Waals surface area contributed by atoms with Crippen LogP contribution in [0.2, 0.25) is 0 Å². The van der Waals surface area contributed by atoms with E-state index in [4.69, 9.17) is 4.42 Å². The van der Waals surface area contributed by atoms with E-state index in [1.807, 2.05) is 48.7 Å². The number of thiophene rings is 1. The van der Waals surface area contributed by atoms with Gasteiger partial charge in [0.05, 0.1) is 10.9 Å². The summed E-state index contributed by atoms with van der Waals surface area (Å²) in [5.41, 5.74) is 0.815. The van der Waals surface area contributed by atoms with Crippen molar-refractivity contribution in [2.24, 2.45) is 0 Å². The molecule has 5 nitrogen and oxygen atoms in total. The molecule has 0 fully saturated rings. The van der Waals surface area contributed by atoms with Gasteiger partial charge in [-0.3, -0.25) is 9.59 Å². The molecule has 0 saturated carbocycles. The fraction of sp³-hybridized carbons (Fsp3) is 0.263. The summed E-state index contributed by atoms with van der Waals surface area (Å²) in [5.74, 6) is 0.588. The Morgan fingerprint density at radius 3 is 2.80 bits per heavy atom. The number of nitrogens with one attached hydrogen (secondary N) is 2. The highest BCUT2D eigenvalue weighted by atomic mass is 32.1. The van der Waals surface area contributed by atoms with Crippen molar-refractivity contribution < 1.29 is 14.0 Å². The minimum atomic E-state index is -0.194. The van der Waals surface area contributed by atoms with Crippen molar-refractivity contribution in [3.8, 4) is 0 Å². The zero-order valence-corrected chi connectivity index (χ0v) is 14.8. The predicted molar refractivity (Wildman–Crippen MR) is 98.7 cm³/mol. The maximum Gasteiger partial charge on any atom is 0.261 e. The van der Waals surface area contributed by atoms with E-state index in [0.29, 0.717) is 24.3 Å². The highest BCUT2D eigenvalue weighted by Gasteiger charge is 2.14. The first-order chi connectivity index (χ1) is 12.1. The molecule has 1 atom stereocenters. The first kappa shape index (κ1) is 17.2. The molecule has 0 bridgehead atoms. The first-order valence-corrected chi connectivity index (χ1v) is 9.11. The Morgan fingerprint density at radius 1 is 1.20 bits per heavy atom. The van der Waals surface area contributed by atoms with E-state index in [1.54, 1.807) is 6.07 Å². The average Bonchev–Trinajstić information content (AvgIpc) is 3.27. The lowest BCUT2D eigenvalue weighted by molar-refractivity contribution is -0.121. The zero-order valence-electron chi connectivity index (χ0n) is 14.0.